The van der Waals surface area contributed by atoms with Gasteiger partial charge in [-0.2, -0.15) is 0 Å². The molecule has 5 heteroatoms. The van der Waals surface area contributed by atoms with Crippen LogP contribution in [0.15, 0.2) is 0 Å². The van der Waals surface area contributed by atoms with E-state index in [1.54, 1.807) is 0 Å². The van der Waals surface area contributed by atoms with Gasteiger partial charge in [-0.3, -0.25) is 14.6 Å². The second-order valence-corrected chi connectivity index (χ2v) is 4.91. The Morgan fingerprint density at radius 3 is 2.94 bits per heavy atom. The van der Waals surface area contributed by atoms with E-state index in [1.165, 1.54) is 0 Å². The highest BCUT2D eigenvalue weighted by atomic mass is 16.5. The Balaban J connectivity index is 2.36. The molecule has 2 atom stereocenters. The summed E-state index contributed by atoms with van der Waals surface area (Å²) in [5.41, 5.74) is 5.16. The zero-order valence-corrected chi connectivity index (χ0v) is 11.2. The van der Waals surface area contributed by atoms with E-state index >= 15 is 0 Å². The van der Waals surface area contributed by atoms with Crippen LogP contribution >= 0.6 is 0 Å². The summed E-state index contributed by atoms with van der Waals surface area (Å²) in [6.45, 7) is 8.23. The SMILES string of the molecule is CCC(C)N1CCOC(CN(C)CC(N)=O)C1. The molecule has 1 rings (SSSR count). The van der Waals surface area contributed by atoms with Gasteiger partial charge in [-0.15, -0.1) is 0 Å². The summed E-state index contributed by atoms with van der Waals surface area (Å²) in [4.78, 5) is 15.2. The van der Waals surface area contributed by atoms with E-state index in [9.17, 15) is 4.79 Å². The minimum absolute atomic E-state index is 0.182. The minimum Gasteiger partial charge on any atom is -0.374 e. The zero-order valence-electron chi connectivity index (χ0n) is 11.2. The van der Waals surface area contributed by atoms with Crippen LogP contribution in [0.5, 0.6) is 0 Å². The summed E-state index contributed by atoms with van der Waals surface area (Å²) in [5.74, 6) is -0.290. The predicted octanol–water partition coefficient (Wildman–Crippen LogP) is -0.0972. The number of primary amides is 1. The number of morpholine rings is 1. The van der Waals surface area contributed by atoms with E-state index < -0.39 is 0 Å². The first kappa shape index (κ1) is 14.4. The molecule has 0 bridgehead atoms. The van der Waals surface area contributed by atoms with Gasteiger partial charge in [0.15, 0.2) is 0 Å². The number of amides is 1. The number of carbonyl (C=O) groups is 1. The Hall–Kier alpha value is -0.650. The van der Waals surface area contributed by atoms with Crippen LogP contribution in [0.3, 0.4) is 0 Å². The van der Waals surface area contributed by atoms with Crippen LogP contribution in [0.4, 0.5) is 0 Å². The first-order valence-corrected chi connectivity index (χ1v) is 6.35. The van der Waals surface area contributed by atoms with Gasteiger partial charge < -0.3 is 10.5 Å². The quantitative estimate of drug-likeness (QED) is 0.708. The molecule has 17 heavy (non-hydrogen) atoms. The third kappa shape index (κ3) is 5.02. The summed E-state index contributed by atoms with van der Waals surface area (Å²) in [5, 5.41) is 0. The van der Waals surface area contributed by atoms with Crippen LogP contribution in [0, 0.1) is 0 Å². The first-order chi connectivity index (χ1) is 8.02. The molecule has 1 aliphatic rings. The third-order valence-corrected chi connectivity index (χ3v) is 3.33. The number of likely N-dealkylation sites (N-methyl/N-ethyl adjacent to an activating group) is 1. The zero-order chi connectivity index (χ0) is 12.8. The normalized spacial score (nSPS) is 23.9. The van der Waals surface area contributed by atoms with Gasteiger partial charge in [-0.1, -0.05) is 6.92 Å². The smallest absolute Gasteiger partial charge is 0.231 e. The Morgan fingerprint density at radius 1 is 1.65 bits per heavy atom. The van der Waals surface area contributed by atoms with E-state index in [-0.39, 0.29) is 12.0 Å². The Kier molecular flexibility index (Phi) is 5.88. The van der Waals surface area contributed by atoms with Gasteiger partial charge in [0.25, 0.3) is 0 Å². The van der Waals surface area contributed by atoms with Crippen LogP contribution < -0.4 is 5.73 Å². The highest BCUT2D eigenvalue weighted by molar-refractivity contribution is 5.75. The highest BCUT2D eigenvalue weighted by Gasteiger charge is 2.24. The van der Waals surface area contributed by atoms with Gasteiger partial charge in [-0.05, 0) is 20.4 Å². The summed E-state index contributed by atoms with van der Waals surface area (Å²) in [6, 6.07) is 0.600. The molecule has 1 saturated heterocycles. The van der Waals surface area contributed by atoms with Crippen molar-refractivity contribution in [2.45, 2.75) is 32.4 Å². The molecule has 1 fully saturated rings. The average Bonchev–Trinajstić information content (AvgIpc) is 2.27. The molecule has 100 valence electrons. The van der Waals surface area contributed by atoms with Crippen molar-refractivity contribution in [1.29, 1.82) is 0 Å². The van der Waals surface area contributed by atoms with Crippen LogP contribution in [0.25, 0.3) is 0 Å². The maximum absolute atomic E-state index is 10.8. The molecule has 1 heterocycles. The van der Waals surface area contributed by atoms with Crippen LogP contribution in [-0.2, 0) is 9.53 Å². The van der Waals surface area contributed by atoms with E-state index in [0.717, 1.165) is 32.7 Å². The van der Waals surface area contributed by atoms with Crippen LogP contribution in [0.1, 0.15) is 20.3 Å². The minimum atomic E-state index is -0.290. The predicted molar refractivity (Wildman–Crippen MR) is 67.8 cm³/mol. The maximum Gasteiger partial charge on any atom is 0.231 e. The second kappa shape index (κ2) is 6.93. The molecule has 1 amide bonds. The van der Waals surface area contributed by atoms with Gasteiger partial charge in [-0.25, -0.2) is 0 Å². The number of nitrogens with zero attached hydrogens (tertiary/aromatic N) is 2. The molecule has 0 saturated carbocycles. The molecule has 5 nitrogen and oxygen atoms in total. The van der Waals surface area contributed by atoms with E-state index in [0.29, 0.717) is 12.6 Å². The van der Waals surface area contributed by atoms with Crippen molar-refractivity contribution in [2.24, 2.45) is 5.73 Å². The van der Waals surface area contributed by atoms with E-state index in [4.69, 9.17) is 10.5 Å². The van der Waals surface area contributed by atoms with Gasteiger partial charge in [0.2, 0.25) is 5.91 Å². The van der Waals surface area contributed by atoms with Crippen LogP contribution in [-0.4, -0.2) is 67.7 Å². The maximum atomic E-state index is 10.8. The Bertz CT molecular complexity index is 248. The summed E-state index contributed by atoms with van der Waals surface area (Å²) in [6.07, 6.45) is 1.34. The fourth-order valence-corrected chi connectivity index (χ4v) is 2.19. The largest absolute Gasteiger partial charge is 0.374 e. The second-order valence-electron chi connectivity index (χ2n) is 4.91. The molecule has 2 N–H and O–H groups in total. The van der Waals surface area contributed by atoms with Gasteiger partial charge >= 0.3 is 0 Å². The van der Waals surface area contributed by atoms with Crippen molar-refractivity contribution in [3.8, 4) is 0 Å². The molecule has 0 radical (unpaired) electrons. The Labute approximate surface area is 104 Å². The number of carbonyl (C=O) groups excluding carboxylic acids is 1. The molecular formula is C12H25N3O2. The monoisotopic (exact) mass is 243 g/mol. The molecule has 0 aromatic carbocycles. The number of hydrogen-bond donors (Lipinski definition) is 1. The van der Waals surface area contributed by atoms with Gasteiger partial charge in [0.1, 0.15) is 0 Å². The average molecular weight is 243 g/mol. The Morgan fingerprint density at radius 2 is 2.35 bits per heavy atom. The lowest BCUT2D eigenvalue weighted by molar-refractivity contribution is -0.119. The lowest BCUT2D eigenvalue weighted by Crippen LogP contribution is -2.50. The molecule has 0 spiro atoms. The van der Waals surface area contributed by atoms with Gasteiger partial charge in [0.05, 0.1) is 19.3 Å². The van der Waals surface area contributed by atoms with E-state index in [2.05, 4.69) is 18.7 Å². The summed E-state index contributed by atoms with van der Waals surface area (Å²) < 4.78 is 5.72. The molecule has 0 aliphatic carbocycles. The lowest BCUT2D eigenvalue weighted by Gasteiger charge is -2.37. The van der Waals surface area contributed by atoms with Crippen molar-refractivity contribution in [1.82, 2.24) is 9.80 Å². The summed E-state index contributed by atoms with van der Waals surface area (Å²) >= 11 is 0. The molecule has 0 aromatic heterocycles. The molecule has 1 aliphatic heterocycles. The molecular weight excluding hydrogens is 218 g/mol. The van der Waals surface area contributed by atoms with Crippen molar-refractivity contribution >= 4 is 5.91 Å². The number of hydrogen-bond acceptors (Lipinski definition) is 4. The lowest BCUT2D eigenvalue weighted by atomic mass is 10.1. The fraction of sp³-hybridized carbons (Fsp3) is 0.917. The summed E-state index contributed by atoms with van der Waals surface area (Å²) in [7, 11) is 1.90. The van der Waals surface area contributed by atoms with Crippen LogP contribution in [0.2, 0.25) is 0 Å². The number of nitrogens with two attached hydrogens (primary N) is 1. The van der Waals surface area contributed by atoms with Crippen molar-refractivity contribution < 1.29 is 9.53 Å². The number of rotatable bonds is 6. The fourth-order valence-electron chi connectivity index (χ4n) is 2.19. The first-order valence-electron chi connectivity index (χ1n) is 6.35. The topological polar surface area (TPSA) is 58.8 Å². The third-order valence-electron chi connectivity index (χ3n) is 3.33. The van der Waals surface area contributed by atoms with E-state index in [1.807, 2.05) is 11.9 Å². The van der Waals surface area contributed by atoms with Crippen molar-refractivity contribution in [3.63, 3.8) is 0 Å². The number of ether oxygens (including phenoxy) is 1. The van der Waals surface area contributed by atoms with Crippen molar-refractivity contribution in [3.05, 3.63) is 0 Å². The van der Waals surface area contributed by atoms with Crippen molar-refractivity contribution in [2.75, 3.05) is 39.8 Å². The van der Waals surface area contributed by atoms with Gasteiger partial charge in [0, 0.05) is 25.7 Å². The molecule has 0 aromatic rings. The highest BCUT2D eigenvalue weighted by Crippen LogP contribution is 2.11. The standard InChI is InChI=1S/C12H25N3O2/c1-4-10(2)15-5-6-17-11(8-15)7-14(3)9-12(13)16/h10-11H,4-9H2,1-3H3,(H2,13,16). The molecule has 2 unspecified atom stereocenters.